The van der Waals surface area contributed by atoms with Crippen LogP contribution < -0.4 is 20.9 Å². The highest BCUT2D eigenvalue weighted by Gasteiger charge is 2.14. The van der Waals surface area contributed by atoms with Gasteiger partial charge in [-0.1, -0.05) is 24.3 Å². The Kier molecular flexibility index (Phi) is 11.1. The van der Waals surface area contributed by atoms with Gasteiger partial charge in [0.25, 0.3) is 0 Å². The summed E-state index contributed by atoms with van der Waals surface area (Å²) in [6, 6.07) is 33.9. The minimum atomic E-state index is -4.55. The highest BCUT2D eigenvalue weighted by Crippen LogP contribution is 2.32. The molecule has 0 saturated carbocycles. The molecule has 0 amide bonds. The Balaban J connectivity index is 1.27. The first-order valence-electron chi connectivity index (χ1n) is 15.3. The molecule has 52 heavy (non-hydrogen) atoms. The van der Waals surface area contributed by atoms with Crippen molar-refractivity contribution < 1.29 is 45.6 Å². The van der Waals surface area contributed by atoms with E-state index < -0.39 is 20.2 Å². The standard InChI is InChI=1S/C37H29N3O9S3/c41-48-49-50-34-19-13-31(14-20-34)38-28-7-1-25(2-8-28)37(26-3-9-29(10-4-26)39-32-15-21-35(22-16-32)51(42,43)44)27-5-11-30(12-6-27)40-33-17-23-36(24-18-33)52(45,46)47/h1-24,38-39,41H,(H,42,43,44)(H,45,46,47)/p-2. The number of nitrogens with one attached hydrogen (secondary N) is 3. The molecule has 264 valence electrons. The van der Waals surface area contributed by atoms with Crippen LogP contribution in [0.15, 0.2) is 166 Å². The molecule has 0 aromatic heterocycles. The maximum Gasteiger partial charge on any atom is 0.204 e. The molecule has 0 aliphatic heterocycles. The molecule has 3 N–H and O–H groups in total. The average Bonchev–Trinajstić information content (AvgIpc) is 3.13. The van der Waals surface area contributed by atoms with Gasteiger partial charge in [-0.25, -0.2) is 21.8 Å². The Labute approximate surface area is 304 Å². The van der Waals surface area contributed by atoms with Crippen LogP contribution in [0.5, 0.6) is 0 Å². The molecule has 5 aromatic carbocycles. The Bertz CT molecular complexity index is 2370. The summed E-state index contributed by atoms with van der Waals surface area (Å²) < 4.78 is 72.1. The van der Waals surface area contributed by atoms with Crippen LogP contribution in [-0.4, -0.2) is 31.7 Å². The molecule has 5 aromatic rings. The second-order valence-electron chi connectivity index (χ2n) is 11.2. The summed E-state index contributed by atoms with van der Waals surface area (Å²) in [5, 5.41) is 20.0. The smallest absolute Gasteiger partial charge is 0.204 e. The number of allylic oxidation sites excluding steroid dienone is 5. The van der Waals surface area contributed by atoms with E-state index in [0.717, 1.165) is 57.1 Å². The summed E-state index contributed by atoms with van der Waals surface area (Å²) in [5.41, 5.74) is 8.05. The van der Waals surface area contributed by atoms with Gasteiger partial charge < -0.3 is 25.0 Å². The van der Waals surface area contributed by atoms with Crippen LogP contribution in [0, 0.1) is 0 Å². The Hall–Kier alpha value is -5.36. The topological polar surface area (TPSA) is 194 Å². The SMILES string of the molecule is O=S(=O)([O-])c1ccc(Nc2ccc(C(=C3C=CC(=[NH+]c4ccc(S(=O)(=O)[O-])cc4)C=C3)c3ccc(Nc4ccc(SOO[O-])cc4)cc3)cc2)cc1. The van der Waals surface area contributed by atoms with E-state index >= 15 is 0 Å². The number of benzene rings is 5. The van der Waals surface area contributed by atoms with E-state index in [4.69, 9.17) is 0 Å². The summed E-state index contributed by atoms with van der Waals surface area (Å²) in [6.07, 6.45) is 7.70. The second kappa shape index (κ2) is 15.9. The van der Waals surface area contributed by atoms with Crippen LogP contribution in [0.2, 0.25) is 0 Å². The van der Waals surface area contributed by atoms with E-state index in [-0.39, 0.29) is 9.79 Å². The van der Waals surface area contributed by atoms with Gasteiger partial charge in [0.2, 0.25) is 11.4 Å². The minimum absolute atomic E-state index is 0.308. The maximum absolute atomic E-state index is 11.3. The lowest BCUT2D eigenvalue weighted by Gasteiger charge is -2.16. The van der Waals surface area contributed by atoms with Gasteiger partial charge >= 0.3 is 0 Å². The highest BCUT2D eigenvalue weighted by atomic mass is 32.2. The molecule has 0 bridgehead atoms. The third kappa shape index (κ3) is 9.49. The normalized spacial score (nSPS) is 12.8. The zero-order valence-electron chi connectivity index (χ0n) is 26.8. The molecule has 0 unspecified atom stereocenters. The summed E-state index contributed by atoms with van der Waals surface area (Å²) in [5.74, 6) is 0. The zero-order chi connectivity index (χ0) is 36.7. The number of anilines is 4. The van der Waals surface area contributed by atoms with Crippen LogP contribution >= 0.6 is 12.0 Å². The van der Waals surface area contributed by atoms with Crippen molar-refractivity contribution in [3.8, 4) is 0 Å². The van der Waals surface area contributed by atoms with Gasteiger partial charge in [-0.2, -0.15) is 4.33 Å². The fourth-order valence-electron chi connectivity index (χ4n) is 5.22. The van der Waals surface area contributed by atoms with Gasteiger partial charge in [-0.15, -0.1) is 0 Å². The molecule has 12 nitrogen and oxygen atoms in total. The van der Waals surface area contributed by atoms with E-state index in [1.54, 1.807) is 12.1 Å². The third-order valence-electron chi connectivity index (χ3n) is 7.69. The molecule has 0 atom stereocenters. The van der Waals surface area contributed by atoms with Crippen molar-refractivity contribution in [3.63, 3.8) is 0 Å². The molecular weight excluding hydrogens is 727 g/mol. The van der Waals surface area contributed by atoms with Gasteiger partial charge in [-0.3, -0.25) is 5.04 Å². The van der Waals surface area contributed by atoms with E-state index in [2.05, 4.69) is 25.0 Å². The third-order valence-corrected chi connectivity index (χ3v) is 9.97. The molecule has 0 fully saturated rings. The predicted molar refractivity (Wildman–Crippen MR) is 193 cm³/mol. The summed E-state index contributed by atoms with van der Waals surface area (Å²) >= 11 is 0.807. The molecule has 0 spiro atoms. The first-order chi connectivity index (χ1) is 24.9. The molecular formula is C37H27N3O9S3-2. The Morgan fingerprint density at radius 1 is 0.558 bits per heavy atom. The van der Waals surface area contributed by atoms with E-state index in [0.29, 0.717) is 16.3 Å². The quantitative estimate of drug-likeness (QED) is 0.0670. The molecule has 0 saturated heterocycles. The van der Waals surface area contributed by atoms with Crippen LogP contribution in [-0.2, 0) is 29.6 Å². The molecule has 6 rings (SSSR count). The Morgan fingerprint density at radius 2 is 0.962 bits per heavy atom. The molecule has 15 heteroatoms. The molecule has 1 aliphatic carbocycles. The van der Waals surface area contributed by atoms with E-state index in [1.807, 2.05) is 85.0 Å². The van der Waals surface area contributed by atoms with Crippen molar-refractivity contribution in [1.29, 1.82) is 0 Å². The van der Waals surface area contributed by atoms with Crippen LogP contribution in [0.25, 0.3) is 5.57 Å². The van der Waals surface area contributed by atoms with Gasteiger partial charge in [0.1, 0.15) is 20.2 Å². The van der Waals surface area contributed by atoms with Crippen molar-refractivity contribution in [1.82, 2.24) is 0 Å². The van der Waals surface area contributed by atoms with Crippen molar-refractivity contribution in [3.05, 3.63) is 162 Å². The first-order valence-corrected chi connectivity index (χ1v) is 18.8. The number of hydrogen-bond acceptors (Lipinski definition) is 12. The summed E-state index contributed by atoms with van der Waals surface area (Å²) in [6.45, 7) is 0. The average molecular weight is 754 g/mol. The first kappa shape index (κ1) is 36.4. The van der Waals surface area contributed by atoms with Crippen molar-refractivity contribution in [2.75, 3.05) is 10.6 Å². The fourth-order valence-corrected chi connectivity index (χ4v) is 6.51. The lowest BCUT2D eigenvalue weighted by atomic mass is 9.90. The maximum atomic E-state index is 11.3. The van der Waals surface area contributed by atoms with Crippen LogP contribution in [0.3, 0.4) is 0 Å². The van der Waals surface area contributed by atoms with E-state index in [1.165, 1.54) is 48.5 Å². The number of rotatable bonds is 12. The molecule has 0 radical (unpaired) electrons. The van der Waals surface area contributed by atoms with Crippen molar-refractivity contribution in [2.45, 2.75) is 14.7 Å². The van der Waals surface area contributed by atoms with Gasteiger partial charge in [-0.05, 0) is 119 Å². The Morgan fingerprint density at radius 3 is 1.38 bits per heavy atom. The summed E-state index contributed by atoms with van der Waals surface area (Å²) in [7, 11) is -9.09. The fraction of sp³-hybridized carbons (Fsp3) is 0. The van der Waals surface area contributed by atoms with Crippen LogP contribution in [0.4, 0.5) is 28.4 Å². The predicted octanol–water partition coefficient (Wildman–Crippen LogP) is 4.99. The summed E-state index contributed by atoms with van der Waals surface area (Å²) in [4.78, 5) is 3.29. The van der Waals surface area contributed by atoms with Gasteiger partial charge in [0, 0.05) is 51.9 Å². The second-order valence-corrected chi connectivity index (χ2v) is 14.7. The molecule has 0 heterocycles. The van der Waals surface area contributed by atoms with E-state index in [9.17, 15) is 31.2 Å². The van der Waals surface area contributed by atoms with Crippen LogP contribution in [0.1, 0.15) is 11.1 Å². The van der Waals surface area contributed by atoms with Crippen molar-refractivity contribution in [2.24, 2.45) is 0 Å². The van der Waals surface area contributed by atoms with Gasteiger partial charge in [0.05, 0.1) is 21.8 Å². The highest BCUT2D eigenvalue weighted by molar-refractivity contribution is 7.94. The van der Waals surface area contributed by atoms with Crippen molar-refractivity contribution >= 4 is 72.0 Å². The van der Waals surface area contributed by atoms with Gasteiger partial charge in [0.15, 0.2) is 0 Å². The monoisotopic (exact) mass is 753 g/mol. The minimum Gasteiger partial charge on any atom is -0.744 e. The largest absolute Gasteiger partial charge is 0.744 e. The number of hydrogen-bond donors (Lipinski definition) is 3. The lowest BCUT2D eigenvalue weighted by molar-refractivity contribution is -0.777. The zero-order valence-corrected chi connectivity index (χ0v) is 29.2. The molecule has 1 aliphatic rings. The lowest BCUT2D eigenvalue weighted by Crippen LogP contribution is -2.65.